The van der Waals surface area contributed by atoms with Gasteiger partial charge in [-0.05, 0) is 50.3 Å². The Morgan fingerprint density at radius 2 is 1.84 bits per heavy atom. The lowest BCUT2D eigenvalue weighted by atomic mass is 10.0. The number of amides is 1. The number of hydrogen-bond donors (Lipinski definition) is 1. The van der Waals surface area contributed by atoms with E-state index in [4.69, 9.17) is 22.6 Å². The van der Waals surface area contributed by atoms with E-state index in [-0.39, 0.29) is 16.5 Å². The fourth-order valence-electron chi connectivity index (χ4n) is 3.15. The van der Waals surface area contributed by atoms with Crippen molar-refractivity contribution in [2.45, 2.75) is 30.6 Å². The summed E-state index contributed by atoms with van der Waals surface area (Å²) >= 11 is 5.37. The van der Waals surface area contributed by atoms with Crippen molar-refractivity contribution >= 4 is 44.6 Å². The van der Waals surface area contributed by atoms with E-state index >= 15 is 0 Å². The lowest BCUT2D eigenvalue weighted by Crippen LogP contribution is -2.44. The minimum absolute atomic E-state index is 0.162. The van der Waals surface area contributed by atoms with E-state index < -0.39 is 43.8 Å². The normalized spacial score (nSPS) is 16.5. The quantitative estimate of drug-likeness (QED) is 0.686. The third-order valence-electron chi connectivity index (χ3n) is 4.62. The molecule has 8 nitrogen and oxygen atoms in total. The first-order valence-corrected chi connectivity index (χ1v) is 10.4. The molecule has 0 aliphatic carbocycles. The molecule has 0 radical (unpaired) electrons. The van der Waals surface area contributed by atoms with Crippen LogP contribution in [0.15, 0.2) is 41.6 Å². The molecular formula is C18H14F3N5O3S2. The number of halogens is 3. The van der Waals surface area contributed by atoms with Crippen molar-refractivity contribution in [3.05, 3.63) is 47.7 Å². The SMILES string of the molecule is CC1(C)C(=O)N(c2ccc(C#N)c(C(F)(F)F)c2)C(=S)N1c1ccnc(S(N)(=O)=O)c1. The Kier molecular flexibility index (Phi) is 5.29. The number of nitrogens with two attached hydrogens (primary N) is 1. The van der Waals surface area contributed by atoms with Crippen molar-refractivity contribution < 1.29 is 26.4 Å². The van der Waals surface area contributed by atoms with Gasteiger partial charge in [0.05, 0.1) is 22.9 Å². The van der Waals surface area contributed by atoms with Gasteiger partial charge in [-0.1, -0.05) is 0 Å². The van der Waals surface area contributed by atoms with Crippen molar-refractivity contribution in [2.24, 2.45) is 5.14 Å². The maximum Gasteiger partial charge on any atom is 0.417 e. The highest BCUT2D eigenvalue weighted by Crippen LogP contribution is 2.39. The fourth-order valence-corrected chi connectivity index (χ4v) is 4.17. The zero-order valence-electron chi connectivity index (χ0n) is 16.0. The number of nitriles is 1. The van der Waals surface area contributed by atoms with E-state index in [1.54, 1.807) is 0 Å². The number of sulfonamides is 1. The highest BCUT2D eigenvalue weighted by Gasteiger charge is 2.51. The molecule has 0 atom stereocenters. The van der Waals surface area contributed by atoms with Crippen LogP contribution in [0.25, 0.3) is 0 Å². The number of hydrogen-bond acceptors (Lipinski definition) is 6. The number of benzene rings is 1. The van der Waals surface area contributed by atoms with Gasteiger partial charge in [-0.2, -0.15) is 18.4 Å². The van der Waals surface area contributed by atoms with Gasteiger partial charge in [-0.3, -0.25) is 9.69 Å². The smallest absolute Gasteiger partial charge is 0.303 e. The second-order valence-corrected chi connectivity index (χ2v) is 8.93. The van der Waals surface area contributed by atoms with Gasteiger partial charge in [0.15, 0.2) is 10.1 Å². The molecule has 1 saturated heterocycles. The first-order valence-electron chi connectivity index (χ1n) is 8.48. The molecule has 0 spiro atoms. The van der Waals surface area contributed by atoms with Crippen LogP contribution in [0.4, 0.5) is 24.5 Å². The van der Waals surface area contributed by atoms with Gasteiger partial charge in [-0.15, -0.1) is 0 Å². The van der Waals surface area contributed by atoms with Gasteiger partial charge >= 0.3 is 6.18 Å². The van der Waals surface area contributed by atoms with Gasteiger partial charge in [-0.25, -0.2) is 18.5 Å². The summed E-state index contributed by atoms with van der Waals surface area (Å²) in [5, 5.41) is 13.4. The number of carbonyl (C=O) groups excluding carboxylic acids is 1. The molecule has 1 aliphatic rings. The first kappa shape index (κ1) is 22.6. The minimum Gasteiger partial charge on any atom is -0.303 e. The molecule has 0 unspecified atom stereocenters. The number of primary sulfonamides is 1. The van der Waals surface area contributed by atoms with Crippen molar-refractivity contribution in [1.82, 2.24) is 4.98 Å². The number of pyridine rings is 1. The van der Waals surface area contributed by atoms with Crippen LogP contribution in [-0.2, 0) is 21.0 Å². The third-order valence-corrected chi connectivity index (χ3v) is 5.79. The van der Waals surface area contributed by atoms with Crippen molar-refractivity contribution in [1.29, 1.82) is 5.26 Å². The van der Waals surface area contributed by atoms with Crippen molar-refractivity contribution in [2.75, 3.05) is 9.80 Å². The van der Waals surface area contributed by atoms with Gasteiger partial charge in [0.2, 0.25) is 0 Å². The molecule has 1 aromatic heterocycles. The van der Waals surface area contributed by atoms with E-state index in [0.29, 0.717) is 6.07 Å². The average molecular weight is 469 g/mol. The predicted octanol–water partition coefficient (Wildman–Crippen LogP) is 2.54. The van der Waals surface area contributed by atoms with E-state index in [1.807, 2.05) is 0 Å². The van der Waals surface area contributed by atoms with Gasteiger partial charge < -0.3 is 4.90 Å². The summed E-state index contributed by atoms with van der Waals surface area (Å²) in [6.07, 6.45) is -3.67. The molecule has 2 N–H and O–H groups in total. The Morgan fingerprint density at radius 1 is 1.19 bits per heavy atom. The minimum atomic E-state index is -4.82. The number of carbonyl (C=O) groups is 1. The number of nitrogens with zero attached hydrogens (tertiary/aromatic N) is 4. The Morgan fingerprint density at radius 3 is 2.39 bits per heavy atom. The van der Waals surface area contributed by atoms with Crippen LogP contribution in [-0.4, -0.2) is 30.0 Å². The predicted molar refractivity (Wildman–Crippen MR) is 108 cm³/mol. The molecule has 1 amide bonds. The molecule has 1 fully saturated rings. The van der Waals surface area contributed by atoms with E-state index in [0.717, 1.165) is 23.2 Å². The van der Waals surface area contributed by atoms with Gasteiger partial charge in [0, 0.05) is 18.0 Å². The maximum atomic E-state index is 13.4. The molecule has 13 heteroatoms. The Hall–Kier alpha value is -3.08. The summed E-state index contributed by atoms with van der Waals surface area (Å²) in [5.74, 6) is -0.649. The molecule has 2 aromatic rings. The second kappa shape index (κ2) is 7.26. The van der Waals surface area contributed by atoms with E-state index in [1.165, 1.54) is 36.9 Å². The summed E-state index contributed by atoms with van der Waals surface area (Å²) < 4.78 is 63.4. The lowest BCUT2D eigenvalue weighted by Gasteiger charge is -2.29. The van der Waals surface area contributed by atoms with Crippen molar-refractivity contribution in [3.63, 3.8) is 0 Å². The molecule has 0 bridgehead atoms. The van der Waals surface area contributed by atoms with Crippen LogP contribution in [0, 0.1) is 11.3 Å². The molecule has 2 heterocycles. The second-order valence-electron chi connectivity index (χ2n) is 7.05. The van der Waals surface area contributed by atoms with Crippen LogP contribution in [0.3, 0.4) is 0 Å². The Bertz CT molecular complexity index is 1250. The molecule has 1 aliphatic heterocycles. The van der Waals surface area contributed by atoms with Crippen molar-refractivity contribution in [3.8, 4) is 6.07 Å². The third kappa shape index (κ3) is 3.85. The molecule has 1 aromatic carbocycles. The number of rotatable bonds is 3. The number of aromatic nitrogens is 1. The van der Waals surface area contributed by atoms with Crippen LogP contribution in [0.5, 0.6) is 0 Å². The summed E-state index contributed by atoms with van der Waals surface area (Å²) in [4.78, 5) is 19.0. The first-order chi connectivity index (χ1) is 14.2. The highest BCUT2D eigenvalue weighted by molar-refractivity contribution is 7.89. The van der Waals surface area contributed by atoms with Crippen LogP contribution in [0.1, 0.15) is 25.0 Å². The van der Waals surface area contributed by atoms with Crippen LogP contribution >= 0.6 is 12.2 Å². The summed E-state index contributed by atoms with van der Waals surface area (Å²) in [7, 11) is -4.15. The Balaban J connectivity index is 2.14. The molecule has 31 heavy (non-hydrogen) atoms. The highest BCUT2D eigenvalue weighted by atomic mass is 32.2. The number of anilines is 2. The van der Waals surface area contributed by atoms with E-state index in [9.17, 15) is 26.4 Å². The molecule has 3 rings (SSSR count). The molecule has 162 valence electrons. The summed E-state index contributed by atoms with van der Waals surface area (Å²) in [5.41, 5.74) is -3.20. The zero-order chi connectivity index (χ0) is 23.4. The monoisotopic (exact) mass is 469 g/mol. The lowest BCUT2D eigenvalue weighted by molar-refractivity contribution is -0.137. The summed E-state index contributed by atoms with van der Waals surface area (Å²) in [6, 6.07) is 6.78. The topological polar surface area (TPSA) is 120 Å². The number of thiocarbonyl (C=S) groups is 1. The van der Waals surface area contributed by atoms with Gasteiger partial charge in [0.1, 0.15) is 5.54 Å². The molecule has 0 saturated carbocycles. The molecular weight excluding hydrogens is 455 g/mol. The number of alkyl halides is 3. The zero-order valence-corrected chi connectivity index (χ0v) is 17.6. The van der Waals surface area contributed by atoms with Gasteiger partial charge in [0.25, 0.3) is 15.9 Å². The van der Waals surface area contributed by atoms with Crippen LogP contribution in [0.2, 0.25) is 0 Å². The van der Waals surface area contributed by atoms with Crippen LogP contribution < -0.4 is 14.9 Å². The standard InChI is InChI=1S/C18H14F3N5O3S2/c1-17(2)15(27)25(11-4-3-10(9-22)13(7-11)18(19,20)21)16(30)26(17)12-5-6-24-14(8-12)31(23,28)29/h3-8H,1-2H3,(H2,23,28,29). The Labute approximate surface area is 180 Å². The maximum absolute atomic E-state index is 13.4. The summed E-state index contributed by atoms with van der Waals surface area (Å²) in [6.45, 7) is 2.96. The van der Waals surface area contributed by atoms with E-state index in [2.05, 4.69) is 4.98 Å². The fraction of sp³-hybridized carbons (Fsp3) is 0.222. The largest absolute Gasteiger partial charge is 0.417 e. The average Bonchev–Trinajstić information content (AvgIpc) is 2.84.